The number of carboxylic acid groups (broad SMARTS) is 1. The Balaban J connectivity index is 2.25. The number of carbonyl (C=O) groups is 2. The standard InChI is InChI=1S/C17H22BN2O6/c1-11(21)20-16(18(24,25)26-10-15(19)17(22)23)9-13-7-4-6-12-5-2-3-8-14(12)13/h2-8,15-16,24-25H,9-10,19H2,1H3,(H,20,21)(H,22,23)/q-1/t15-,16+/m0/s1. The maximum atomic E-state index is 11.5. The molecular weight excluding hydrogens is 339 g/mol. The van der Waals surface area contributed by atoms with Gasteiger partial charge in [-0.15, -0.1) is 0 Å². The first-order valence-corrected chi connectivity index (χ1v) is 8.16. The van der Waals surface area contributed by atoms with Crippen LogP contribution in [-0.2, 0) is 20.7 Å². The molecule has 0 fully saturated rings. The molecule has 9 heteroatoms. The highest BCUT2D eigenvalue weighted by Crippen LogP contribution is 2.21. The van der Waals surface area contributed by atoms with E-state index in [0.29, 0.717) is 0 Å². The molecule has 0 unspecified atom stereocenters. The molecule has 0 spiro atoms. The lowest BCUT2D eigenvalue weighted by Crippen LogP contribution is -2.61. The number of nitrogens with two attached hydrogens (primary N) is 1. The molecule has 140 valence electrons. The molecule has 1 amide bonds. The summed E-state index contributed by atoms with van der Waals surface area (Å²) in [4.78, 5) is 22.3. The number of aliphatic carboxylic acids is 1. The van der Waals surface area contributed by atoms with Gasteiger partial charge in [0.2, 0.25) is 5.91 Å². The maximum absolute atomic E-state index is 11.5. The smallest absolute Gasteiger partial charge is 0.396 e. The molecule has 0 radical (unpaired) electrons. The first-order valence-electron chi connectivity index (χ1n) is 8.16. The number of hydrogen-bond acceptors (Lipinski definition) is 6. The molecule has 2 aromatic rings. The van der Waals surface area contributed by atoms with Crippen LogP contribution in [0.3, 0.4) is 0 Å². The van der Waals surface area contributed by atoms with Crippen LogP contribution in [0.2, 0.25) is 0 Å². The number of nitrogens with one attached hydrogen (secondary N) is 1. The van der Waals surface area contributed by atoms with E-state index in [4.69, 9.17) is 15.5 Å². The van der Waals surface area contributed by atoms with Crippen LogP contribution >= 0.6 is 0 Å². The summed E-state index contributed by atoms with van der Waals surface area (Å²) in [6, 6.07) is 11.7. The van der Waals surface area contributed by atoms with Gasteiger partial charge < -0.3 is 30.9 Å². The molecule has 0 aliphatic heterocycles. The summed E-state index contributed by atoms with van der Waals surface area (Å²) in [6.45, 7) is -2.90. The number of carboxylic acids is 1. The van der Waals surface area contributed by atoms with Crippen molar-refractivity contribution in [2.45, 2.75) is 25.3 Å². The second kappa shape index (κ2) is 8.28. The molecule has 8 nitrogen and oxygen atoms in total. The molecule has 0 bridgehead atoms. The predicted molar refractivity (Wildman–Crippen MR) is 97.0 cm³/mol. The Kier molecular flexibility index (Phi) is 6.33. The van der Waals surface area contributed by atoms with Gasteiger partial charge in [-0.25, -0.2) is 0 Å². The number of fused-ring (bicyclic) bond motifs is 1. The number of benzene rings is 2. The average Bonchev–Trinajstić information content (AvgIpc) is 2.59. The highest BCUT2D eigenvalue weighted by atomic mass is 16.6. The summed E-state index contributed by atoms with van der Waals surface area (Å²) < 4.78 is 4.95. The third kappa shape index (κ3) is 5.02. The van der Waals surface area contributed by atoms with E-state index in [0.717, 1.165) is 16.3 Å². The van der Waals surface area contributed by atoms with E-state index in [1.54, 1.807) is 0 Å². The van der Waals surface area contributed by atoms with Crippen molar-refractivity contribution in [3.63, 3.8) is 0 Å². The summed E-state index contributed by atoms with van der Waals surface area (Å²) in [5, 5.41) is 33.8. The van der Waals surface area contributed by atoms with Gasteiger partial charge in [-0.1, -0.05) is 42.5 Å². The molecule has 0 heterocycles. The van der Waals surface area contributed by atoms with Crippen molar-refractivity contribution in [2.24, 2.45) is 5.73 Å². The zero-order valence-corrected chi connectivity index (χ0v) is 14.3. The Morgan fingerprint density at radius 1 is 1.19 bits per heavy atom. The summed E-state index contributed by atoms with van der Waals surface area (Å²) >= 11 is 0. The highest BCUT2D eigenvalue weighted by Gasteiger charge is 2.34. The van der Waals surface area contributed by atoms with Crippen LogP contribution in [0.4, 0.5) is 0 Å². The first kappa shape index (κ1) is 19.9. The fraction of sp³-hybridized carbons (Fsp3) is 0.294. The fourth-order valence-electron chi connectivity index (χ4n) is 2.71. The Morgan fingerprint density at radius 3 is 2.50 bits per heavy atom. The third-order valence-corrected chi connectivity index (χ3v) is 4.07. The second-order valence-electron chi connectivity index (χ2n) is 6.19. The van der Waals surface area contributed by atoms with Gasteiger partial charge in [0.1, 0.15) is 6.04 Å². The van der Waals surface area contributed by atoms with Gasteiger partial charge >= 0.3 is 12.7 Å². The summed E-state index contributed by atoms with van der Waals surface area (Å²) in [5.74, 6) is -2.98. The summed E-state index contributed by atoms with van der Waals surface area (Å²) in [6.07, 6.45) is 0.0796. The van der Waals surface area contributed by atoms with Crippen molar-refractivity contribution in [2.75, 3.05) is 6.61 Å². The zero-order valence-electron chi connectivity index (χ0n) is 14.3. The van der Waals surface area contributed by atoms with E-state index in [1.807, 2.05) is 42.5 Å². The van der Waals surface area contributed by atoms with E-state index < -0.39 is 37.2 Å². The van der Waals surface area contributed by atoms with Crippen molar-refractivity contribution in [1.29, 1.82) is 0 Å². The summed E-state index contributed by atoms with van der Waals surface area (Å²) in [5.41, 5.74) is 6.11. The number of amides is 1. The van der Waals surface area contributed by atoms with Crippen molar-refractivity contribution < 1.29 is 29.4 Å². The van der Waals surface area contributed by atoms with Crippen molar-refractivity contribution in [1.82, 2.24) is 5.32 Å². The van der Waals surface area contributed by atoms with Gasteiger partial charge in [0.15, 0.2) is 0 Å². The van der Waals surface area contributed by atoms with Gasteiger partial charge in [0, 0.05) is 13.5 Å². The molecule has 2 aromatic carbocycles. The predicted octanol–water partition coefficient (Wildman–Crippen LogP) is -0.222. The Hall–Kier alpha value is -2.46. The monoisotopic (exact) mass is 361 g/mol. The van der Waals surface area contributed by atoms with Crippen molar-refractivity contribution in [3.05, 3.63) is 48.0 Å². The van der Waals surface area contributed by atoms with Gasteiger partial charge in [-0.3, -0.25) is 9.59 Å². The summed E-state index contributed by atoms with van der Waals surface area (Å²) in [7, 11) is 0. The molecule has 2 atom stereocenters. The normalized spacial score (nSPS) is 14.0. The fourth-order valence-corrected chi connectivity index (χ4v) is 2.71. The van der Waals surface area contributed by atoms with E-state index in [1.165, 1.54) is 6.92 Å². The topological polar surface area (TPSA) is 142 Å². The van der Waals surface area contributed by atoms with Crippen molar-refractivity contribution in [3.8, 4) is 0 Å². The molecule has 0 aliphatic rings. The molecular formula is C17H22BN2O6-. The van der Waals surface area contributed by atoms with E-state index >= 15 is 0 Å². The van der Waals surface area contributed by atoms with Crippen LogP contribution in [0.5, 0.6) is 0 Å². The van der Waals surface area contributed by atoms with Crippen LogP contribution in [0.25, 0.3) is 10.8 Å². The van der Waals surface area contributed by atoms with Crippen molar-refractivity contribution >= 4 is 29.4 Å². The number of hydrogen-bond donors (Lipinski definition) is 5. The molecule has 0 aromatic heterocycles. The Bertz CT molecular complexity index is 792. The van der Waals surface area contributed by atoms with Crippen LogP contribution in [0.15, 0.2) is 42.5 Å². The van der Waals surface area contributed by atoms with Crippen LogP contribution in [0, 0.1) is 0 Å². The van der Waals surface area contributed by atoms with Gasteiger partial charge in [-0.2, -0.15) is 0 Å². The SMILES string of the molecule is CC(=O)N[C@H](Cc1cccc2ccccc12)[B-](O)(O)OC[C@H](N)C(=O)O. The molecule has 0 saturated heterocycles. The lowest BCUT2D eigenvalue weighted by atomic mass is 9.66. The largest absolute Gasteiger partial charge is 0.558 e. The van der Waals surface area contributed by atoms with Gasteiger partial charge in [0.25, 0.3) is 0 Å². The van der Waals surface area contributed by atoms with Gasteiger partial charge in [0.05, 0.1) is 0 Å². The minimum absolute atomic E-state index is 0.0796. The number of rotatable bonds is 8. The Labute approximate surface area is 150 Å². The quantitative estimate of drug-likeness (QED) is 0.409. The molecule has 2 rings (SSSR count). The molecule has 6 N–H and O–H groups in total. The lowest BCUT2D eigenvalue weighted by molar-refractivity contribution is -0.139. The minimum atomic E-state index is -3.54. The molecule has 26 heavy (non-hydrogen) atoms. The van der Waals surface area contributed by atoms with E-state index in [-0.39, 0.29) is 6.42 Å². The third-order valence-electron chi connectivity index (χ3n) is 4.07. The minimum Gasteiger partial charge on any atom is -0.558 e. The van der Waals surface area contributed by atoms with Crippen LogP contribution < -0.4 is 11.1 Å². The van der Waals surface area contributed by atoms with Gasteiger partial charge in [-0.05, 0) is 28.7 Å². The van der Waals surface area contributed by atoms with Crippen LogP contribution in [-0.4, -0.2) is 52.4 Å². The Morgan fingerprint density at radius 2 is 1.85 bits per heavy atom. The molecule has 0 saturated carbocycles. The lowest BCUT2D eigenvalue weighted by Gasteiger charge is -2.38. The zero-order chi connectivity index (χ0) is 19.3. The first-order chi connectivity index (χ1) is 12.2. The van der Waals surface area contributed by atoms with Crippen LogP contribution in [0.1, 0.15) is 12.5 Å². The maximum Gasteiger partial charge on any atom is 0.396 e. The van der Waals surface area contributed by atoms with E-state index in [9.17, 15) is 19.6 Å². The van der Waals surface area contributed by atoms with E-state index in [2.05, 4.69) is 5.32 Å². The molecule has 0 aliphatic carbocycles. The second-order valence-corrected chi connectivity index (χ2v) is 6.19. The highest BCUT2D eigenvalue weighted by molar-refractivity contribution is 6.60. The number of carbonyl (C=O) groups excluding carboxylic acids is 1. The average molecular weight is 361 g/mol.